The molecule has 1 aromatic heterocycles. The molecule has 0 aliphatic carbocycles. The van der Waals surface area contributed by atoms with E-state index in [1.165, 1.54) is 22.9 Å². The Labute approximate surface area is 190 Å². The maximum absolute atomic E-state index is 13.2. The molecule has 0 radical (unpaired) electrons. The van der Waals surface area contributed by atoms with Crippen LogP contribution in [0.4, 0.5) is 15.9 Å². The lowest BCUT2D eigenvalue weighted by atomic mass is 10.2. The number of nitrogens with one attached hydrogen (secondary N) is 1. The van der Waals surface area contributed by atoms with E-state index in [9.17, 15) is 14.0 Å². The van der Waals surface area contributed by atoms with Crippen LogP contribution in [0.5, 0.6) is 0 Å². The van der Waals surface area contributed by atoms with Gasteiger partial charge in [0.05, 0.1) is 0 Å². The van der Waals surface area contributed by atoms with Crippen molar-refractivity contribution >= 4 is 29.0 Å². The fraction of sp³-hybridized carbons (Fsp3) is 0.261. The van der Waals surface area contributed by atoms with Crippen molar-refractivity contribution in [1.29, 1.82) is 0 Å². The number of piperazine rings is 1. The normalized spacial score (nSPS) is 13.8. The zero-order chi connectivity index (χ0) is 22.5. The molecule has 2 aromatic carbocycles. The molecule has 1 saturated heterocycles. The molecule has 0 unspecified atom stereocenters. The molecule has 1 aliphatic heterocycles. The first kappa shape index (κ1) is 21.8. The van der Waals surface area contributed by atoms with Crippen molar-refractivity contribution in [1.82, 2.24) is 15.1 Å². The molecule has 0 spiro atoms. The molecule has 1 aliphatic rings. The van der Waals surface area contributed by atoms with Gasteiger partial charge in [0.25, 0.3) is 5.56 Å². The van der Waals surface area contributed by atoms with E-state index >= 15 is 0 Å². The highest BCUT2D eigenvalue weighted by Gasteiger charge is 2.19. The van der Waals surface area contributed by atoms with Gasteiger partial charge in [-0.25, -0.2) is 9.07 Å². The minimum atomic E-state index is -0.333. The van der Waals surface area contributed by atoms with Crippen LogP contribution in [-0.4, -0.2) is 41.9 Å². The lowest BCUT2D eigenvalue weighted by molar-refractivity contribution is -0.122. The highest BCUT2D eigenvalue weighted by atomic mass is 35.5. The van der Waals surface area contributed by atoms with Crippen molar-refractivity contribution in [2.24, 2.45) is 0 Å². The summed E-state index contributed by atoms with van der Waals surface area (Å²) in [6.45, 7) is 3.07. The Bertz CT molecular complexity index is 1130. The monoisotopic (exact) mass is 455 g/mol. The first-order valence-corrected chi connectivity index (χ1v) is 10.7. The Morgan fingerprint density at radius 2 is 1.59 bits per heavy atom. The molecule has 4 rings (SSSR count). The van der Waals surface area contributed by atoms with Crippen LogP contribution >= 0.6 is 11.6 Å². The Hall–Kier alpha value is -3.39. The maximum atomic E-state index is 13.2. The van der Waals surface area contributed by atoms with Gasteiger partial charge in [0, 0.05) is 49.5 Å². The lowest BCUT2D eigenvalue weighted by Crippen LogP contribution is -2.47. The molecule has 3 aromatic rings. The van der Waals surface area contributed by atoms with E-state index in [2.05, 4.69) is 20.2 Å². The summed E-state index contributed by atoms with van der Waals surface area (Å²) in [7, 11) is 0. The highest BCUT2D eigenvalue weighted by Crippen LogP contribution is 2.19. The number of carbonyl (C=O) groups is 1. The third kappa shape index (κ3) is 5.45. The summed E-state index contributed by atoms with van der Waals surface area (Å²) in [6, 6.07) is 16.7. The van der Waals surface area contributed by atoms with E-state index in [0.717, 1.165) is 24.3 Å². The molecule has 1 N–H and O–H groups in total. The summed E-state index contributed by atoms with van der Waals surface area (Å²) in [5.74, 6) is 0.0951. The van der Waals surface area contributed by atoms with Crippen LogP contribution in [0, 0.1) is 5.82 Å². The van der Waals surface area contributed by atoms with Crippen LogP contribution in [0.2, 0.25) is 5.02 Å². The Kier molecular flexibility index (Phi) is 6.70. The summed E-state index contributed by atoms with van der Waals surface area (Å²) >= 11 is 5.87. The first-order valence-electron chi connectivity index (χ1n) is 10.3. The van der Waals surface area contributed by atoms with E-state index in [1.54, 1.807) is 30.3 Å². The smallest absolute Gasteiger partial charge is 0.267 e. The predicted octanol–water partition coefficient (Wildman–Crippen LogP) is 2.68. The minimum absolute atomic E-state index is 0.157. The molecule has 0 bridgehead atoms. The predicted molar refractivity (Wildman–Crippen MR) is 123 cm³/mol. The van der Waals surface area contributed by atoms with Crippen LogP contribution in [0.25, 0.3) is 0 Å². The molecule has 7 nitrogen and oxygen atoms in total. The van der Waals surface area contributed by atoms with E-state index < -0.39 is 0 Å². The molecule has 166 valence electrons. The van der Waals surface area contributed by atoms with Gasteiger partial charge >= 0.3 is 0 Å². The average molecular weight is 456 g/mol. The molecule has 9 heteroatoms. The molecule has 1 fully saturated rings. The quantitative estimate of drug-likeness (QED) is 0.619. The van der Waals surface area contributed by atoms with Crippen molar-refractivity contribution in [2.45, 2.75) is 13.1 Å². The molecular weight excluding hydrogens is 433 g/mol. The SMILES string of the molecule is O=C(Cn1nc(N2CCN(c3ccc(F)cc3)CC2)ccc1=O)NCc1ccc(Cl)cc1. The Morgan fingerprint density at radius 3 is 2.28 bits per heavy atom. The number of rotatable bonds is 6. The van der Waals surface area contributed by atoms with Gasteiger partial charge in [-0.05, 0) is 48.0 Å². The number of halogens is 2. The molecule has 0 atom stereocenters. The lowest BCUT2D eigenvalue weighted by Gasteiger charge is -2.36. The zero-order valence-electron chi connectivity index (χ0n) is 17.4. The van der Waals surface area contributed by atoms with Gasteiger partial charge in [-0.3, -0.25) is 9.59 Å². The second-order valence-electron chi connectivity index (χ2n) is 7.54. The van der Waals surface area contributed by atoms with Crippen LogP contribution in [0.3, 0.4) is 0 Å². The van der Waals surface area contributed by atoms with Crippen LogP contribution in [0.1, 0.15) is 5.56 Å². The fourth-order valence-electron chi connectivity index (χ4n) is 3.56. The van der Waals surface area contributed by atoms with Gasteiger partial charge in [-0.15, -0.1) is 0 Å². The van der Waals surface area contributed by atoms with Gasteiger partial charge in [-0.2, -0.15) is 5.10 Å². The number of carbonyl (C=O) groups excluding carboxylic acids is 1. The van der Waals surface area contributed by atoms with Crippen molar-refractivity contribution in [3.63, 3.8) is 0 Å². The molecule has 1 amide bonds. The summed E-state index contributed by atoms with van der Waals surface area (Å²) in [6.07, 6.45) is 0. The third-order valence-corrected chi connectivity index (χ3v) is 5.60. The van der Waals surface area contributed by atoms with Gasteiger partial charge in [-0.1, -0.05) is 23.7 Å². The van der Waals surface area contributed by atoms with Crippen molar-refractivity contribution in [3.05, 3.63) is 87.4 Å². The maximum Gasteiger partial charge on any atom is 0.267 e. The van der Waals surface area contributed by atoms with Gasteiger partial charge in [0.15, 0.2) is 0 Å². The molecular formula is C23H23ClFN5O2. The standard InChI is InChI=1S/C23H23ClFN5O2/c24-18-3-1-17(2-4-18)15-26-22(31)16-30-23(32)10-9-21(27-30)29-13-11-28(12-14-29)20-7-5-19(25)6-8-20/h1-10H,11-16H2,(H,26,31). The number of nitrogens with zero attached hydrogens (tertiary/aromatic N) is 4. The van der Waals surface area contributed by atoms with Gasteiger partial charge < -0.3 is 15.1 Å². The first-order chi connectivity index (χ1) is 15.5. The van der Waals surface area contributed by atoms with Crippen LogP contribution in [-0.2, 0) is 17.9 Å². The number of amides is 1. The number of benzene rings is 2. The van der Waals surface area contributed by atoms with E-state index in [1.807, 2.05) is 12.1 Å². The molecule has 2 heterocycles. The zero-order valence-corrected chi connectivity index (χ0v) is 18.1. The largest absolute Gasteiger partial charge is 0.368 e. The van der Waals surface area contributed by atoms with Crippen LogP contribution < -0.4 is 20.7 Å². The summed E-state index contributed by atoms with van der Waals surface area (Å²) in [5.41, 5.74) is 1.55. The van der Waals surface area contributed by atoms with Crippen molar-refractivity contribution in [3.8, 4) is 0 Å². The van der Waals surface area contributed by atoms with E-state index in [-0.39, 0.29) is 23.8 Å². The van der Waals surface area contributed by atoms with E-state index in [0.29, 0.717) is 30.5 Å². The topological polar surface area (TPSA) is 70.5 Å². The van der Waals surface area contributed by atoms with Crippen molar-refractivity contribution < 1.29 is 9.18 Å². The second-order valence-corrected chi connectivity index (χ2v) is 7.98. The highest BCUT2D eigenvalue weighted by molar-refractivity contribution is 6.30. The summed E-state index contributed by atoms with van der Waals surface area (Å²) < 4.78 is 14.3. The molecule has 0 saturated carbocycles. The van der Waals surface area contributed by atoms with Crippen molar-refractivity contribution in [2.75, 3.05) is 36.0 Å². The number of aromatic nitrogens is 2. The van der Waals surface area contributed by atoms with E-state index in [4.69, 9.17) is 11.6 Å². The summed E-state index contributed by atoms with van der Waals surface area (Å²) in [5, 5.41) is 7.82. The Balaban J connectivity index is 1.35. The fourth-order valence-corrected chi connectivity index (χ4v) is 3.69. The second kappa shape index (κ2) is 9.82. The number of hydrogen-bond acceptors (Lipinski definition) is 5. The minimum Gasteiger partial charge on any atom is -0.368 e. The van der Waals surface area contributed by atoms with Crippen LogP contribution in [0.15, 0.2) is 65.5 Å². The summed E-state index contributed by atoms with van der Waals surface area (Å²) in [4.78, 5) is 28.8. The number of hydrogen-bond donors (Lipinski definition) is 1. The average Bonchev–Trinajstić information content (AvgIpc) is 2.81. The Morgan fingerprint density at radius 1 is 0.938 bits per heavy atom. The molecule has 32 heavy (non-hydrogen) atoms. The van der Waals surface area contributed by atoms with Gasteiger partial charge in [0.1, 0.15) is 18.2 Å². The number of anilines is 2. The third-order valence-electron chi connectivity index (χ3n) is 5.34. The van der Waals surface area contributed by atoms with Gasteiger partial charge in [0.2, 0.25) is 5.91 Å².